The molecule has 0 aromatic heterocycles. The molecule has 1 aromatic carbocycles. The highest BCUT2D eigenvalue weighted by Crippen LogP contribution is 2.20. The van der Waals surface area contributed by atoms with E-state index in [1.54, 1.807) is 0 Å². The van der Waals surface area contributed by atoms with Crippen molar-refractivity contribution in [1.29, 1.82) is 0 Å². The molecule has 3 amide bonds. The zero-order valence-electron chi connectivity index (χ0n) is 13.0. The maximum absolute atomic E-state index is 11.6. The van der Waals surface area contributed by atoms with E-state index in [1.165, 1.54) is 11.8 Å². The maximum Gasteiger partial charge on any atom is 0.321 e. The van der Waals surface area contributed by atoms with Gasteiger partial charge in [0.15, 0.2) is 6.61 Å². The molecule has 1 aliphatic rings. The second-order valence-electron chi connectivity index (χ2n) is 5.41. The topological polar surface area (TPSA) is 84.5 Å². The smallest absolute Gasteiger partial charge is 0.321 e. The Balaban J connectivity index is 1.60. The molecule has 0 aliphatic heterocycles. The van der Waals surface area contributed by atoms with E-state index in [2.05, 4.69) is 26.6 Å². The lowest BCUT2D eigenvalue weighted by molar-refractivity contribution is -0.145. The van der Waals surface area contributed by atoms with Crippen LogP contribution in [0.4, 0.5) is 4.79 Å². The first-order valence-electron chi connectivity index (χ1n) is 7.67. The number of carbonyl (C=O) groups is 3. The van der Waals surface area contributed by atoms with Gasteiger partial charge in [0.05, 0.1) is 5.75 Å². The summed E-state index contributed by atoms with van der Waals surface area (Å²) in [5, 5.41) is 4.89. The van der Waals surface area contributed by atoms with E-state index < -0.39 is 24.5 Å². The summed E-state index contributed by atoms with van der Waals surface area (Å²) in [6, 6.07) is 7.10. The molecule has 6 nitrogen and oxygen atoms in total. The van der Waals surface area contributed by atoms with Crippen molar-refractivity contribution >= 4 is 45.6 Å². The molecular formula is C16H19BrN2O4S. The van der Waals surface area contributed by atoms with Gasteiger partial charge in [-0.25, -0.2) is 4.79 Å². The molecule has 1 aliphatic carbocycles. The van der Waals surface area contributed by atoms with Gasteiger partial charge in [-0.1, -0.05) is 28.8 Å². The number of amides is 3. The van der Waals surface area contributed by atoms with Crippen LogP contribution in [0.3, 0.4) is 0 Å². The van der Waals surface area contributed by atoms with E-state index in [9.17, 15) is 14.4 Å². The molecule has 2 rings (SSSR count). The summed E-state index contributed by atoms with van der Waals surface area (Å²) in [6.45, 7) is -0.460. The first kappa shape index (κ1) is 18.8. The normalized spacial score (nSPS) is 14.2. The van der Waals surface area contributed by atoms with Gasteiger partial charge in [-0.15, -0.1) is 11.8 Å². The highest BCUT2D eigenvalue weighted by molar-refractivity contribution is 9.10. The molecule has 1 saturated carbocycles. The molecule has 2 N–H and O–H groups in total. The Kier molecular flexibility index (Phi) is 7.58. The molecular weight excluding hydrogens is 396 g/mol. The maximum atomic E-state index is 11.6. The average Bonchev–Trinajstić information content (AvgIpc) is 3.05. The van der Waals surface area contributed by atoms with Crippen LogP contribution >= 0.6 is 27.7 Å². The van der Waals surface area contributed by atoms with Crippen LogP contribution < -0.4 is 10.6 Å². The number of rotatable bonds is 6. The Labute approximate surface area is 153 Å². The number of nitrogens with one attached hydrogen (secondary N) is 2. The SMILES string of the molecule is O=C(COC(=O)CSc1ccc(Br)cc1)NC(=O)NC1CCCC1. The fourth-order valence-electron chi connectivity index (χ4n) is 2.32. The molecule has 130 valence electrons. The van der Waals surface area contributed by atoms with Gasteiger partial charge in [0.2, 0.25) is 0 Å². The minimum absolute atomic E-state index is 0.100. The fourth-order valence-corrected chi connectivity index (χ4v) is 3.28. The lowest BCUT2D eigenvalue weighted by Gasteiger charge is -2.12. The molecule has 0 saturated heterocycles. The van der Waals surface area contributed by atoms with E-state index >= 15 is 0 Å². The number of thioether (sulfide) groups is 1. The summed E-state index contributed by atoms with van der Waals surface area (Å²) in [5.74, 6) is -1.04. The molecule has 0 radical (unpaired) electrons. The van der Waals surface area contributed by atoms with E-state index in [0.29, 0.717) is 0 Å². The van der Waals surface area contributed by atoms with Crippen molar-refractivity contribution in [3.05, 3.63) is 28.7 Å². The minimum atomic E-state index is -0.632. The number of ether oxygens (including phenoxy) is 1. The number of esters is 1. The monoisotopic (exact) mass is 414 g/mol. The number of imide groups is 1. The third-order valence-corrected chi connectivity index (χ3v) is 4.99. The Bertz CT molecular complexity index is 588. The molecule has 0 spiro atoms. The van der Waals surface area contributed by atoms with E-state index in [4.69, 9.17) is 4.74 Å². The first-order chi connectivity index (χ1) is 11.5. The Morgan fingerprint density at radius 1 is 1.17 bits per heavy atom. The van der Waals surface area contributed by atoms with E-state index in [-0.39, 0.29) is 11.8 Å². The van der Waals surface area contributed by atoms with Gasteiger partial charge in [-0.2, -0.15) is 0 Å². The number of urea groups is 1. The minimum Gasteiger partial charge on any atom is -0.455 e. The van der Waals surface area contributed by atoms with Crippen LogP contribution in [0.15, 0.2) is 33.6 Å². The van der Waals surface area contributed by atoms with Crippen molar-refractivity contribution in [3.63, 3.8) is 0 Å². The predicted octanol–water partition coefficient (Wildman–Crippen LogP) is 2.85. The van der Waals surface area contributed by atoms with Crippen LogP contribution in [-0.2, 0) is 14.3 Å². The molecule has 1 fully saturated rings. The van der Waals surface area contributed by atoms with Gasteiger partial charge in [-0.3, -0.25) is 14.9 Å². The van der Waals surface area contributed by atoms with Gasteiger partial charge >= 0.3 is 12.0 Å². The van der Waals surface area contributed by atoms with Crippen molar-refractivity contribution in [2.75, 3.05) is 12.4 Å². The molecule has 0 bridgehead atoms. The van der Waals surface area contributed by atoms with Crippen LogP contribution in [0.5, 0.6) is 0 Å². The van der Waals surface area contributed by atoms with Gasteiger partial charge in [0.1, 0.15) is 0 Å². The summed E-state index contributed by atoms with van der Waals surface area (Å²) < 4.78 is 5.82. The second-order valence-corrected chi connectivity index (χ2v) is 7.37. The highest BCUT2D eigenvalue weighted by atomic mass is 79.9. The van der Waals surface area contributed by atoms with Gasteiger partial charge in [0, 0.05) is 15.4 Å². The van der Waals surface area contributed by atoms with Crippen molar-refractivity contribution in [3.8, 4) is 0 Å². The Morgan fingerprint density at radius 2 is 1.83 bits per heavy atom. The standard InChI is InChI=1S/C16H19BrN2O4S/c17-11-5-7-13(8-6-11)24-10-15(21)23-9-14(20)19-16(22)18-12-3-1-2-4-12/h5-8,12H,1-4,9-10H2,(H2,18,19,20,22). The lowest BCUT2D eigenvalue weighted by atomic mass is 10.2. The highest BCUT2D eigenvalue weighted by Gasteiger charge is 2.18. The van der Waals surface area contributed by atoms with E-state index in [0.717, 1.165) is 35.1 Å². The number of hydrogen-bond donors (Lipinski definition) is 2. The van der Waals surface area contributed by atoms with Crippen LogP contribution in [-0.4, -0.2) is 36.3 Å². The summed E-state index contributed by atoms with van der Waals surface area (Å²) >= 11 is 4.65. The van der Waals surface area contributed by atoms with Gasteiger partial charge < -0.3 is 10.1 Å². The average molecular weight is 415 g/mol. The molecule has 1 aromatic rings. The summed E-state index contributed by atoms with van der Waals surface area (Å²) in [5.41, 5.74) is 0. The zero-order chi connectivity index (χ0) is 17.4. The molecule has 8 heteroatoms. The van der Waals surface area contributed by atoms with Crippen molar-refractivity contribution in [2.45, 2.75) is 36.6 Å². The Hall–Kier alpha value is -1.54. The third-order valence-electron chi connectivity index (χ3n) is 3.48. The third kappa shape index (κ3) is 6.92. The predicted molar refractivity (Wildman–Crippen MR) is 94.8 cm³/mol. The summed E-state index contributed by atoms with van der Waals surface area (Å²) in [4.78, 5) is 35.7. The second kappa shape index (κ2) is 9.68. The Morgan fingerprint density at radius 3 is 2.50 bits per heavy atom. The molecule has 24 heavy (non-hydrogen) atoms. The van der Waals surface area contributed by atoms with Crippen LogP contribution in [0.25, 0.3) is 0 Å². The number of hydrogen-bond acceptors (Lipinski definition) is 5. The molecule has 0 atom stereocenters. The zero-order valence-corrected chi connectivity index (χ0v) is 15.5. The number of carbonyl (C=O) groups excluding carboxylic acids is 3. The van der Waals surface area contributed by atoms with Crippen molar-refractivity contribution in [2.24, 2.45) is 0 Å². The fraction of sp³-hybridized carbons (Fsp3) is 0.438. The van der Waals surface area contributed by atoms with Gasteiger partial charge in [-0.05, 0) is 37.1 Å². The largest absolute Gasteiger partial charge is 0.455 e. The van der Waals surface area contributed by atoms with E-state index in [1.807, 2.05) is 24.3 Å². The molecule has 0 unspecified atom stereocenters. The van der Waals surface area contributed by atoms with Crippen LogP contribution in [0, 0.1) is 0 Å². The van der Waals surface area contributed by atoms with Crippen LogP contribution in [0.1, 0.15) is 25.7 Å². The van der Waals surface area contributed by atoms with Crippen molar-refractivity contribution < 1.29 is 19.1 Å². The van der Waals surface area contributed by atoms with Crippen LogP contribution in [0.2, 0.25) is 0 Å². The number of halogens is 1. The number of benzene rings is 1. The quantitative estimate of drug-likeness (QED) is 0.552. The first-order valence-corrected chi connectivity index (χ1v) is 9.45. The lowest BCUT2D eigenvalue weighted by Crippen LogP contribution is -2.45. The molecule has 0 heterocycles. The summed E-state index contributed by atoms with van der Waals surface area (Å²) in [7, 11) is 0. The van der Waals surface area contributed by atoms with Crippen molar-refractivity contribution in [1.82, 2.24) is 10.6 Å². The summed E-state index contributed by atoms with van der Waals surface area (Å²) in [6.07, 6.45) is 4.05. The van der Waals surface area contributed by atoms with Gasteiger partial charge in [0.25, 0.3) is 5.91 Å².